The Bertz CT molecular complexity index is 559. The average Bonchev–Trinajstić information content (AvgIpc) is 2.49. The fourth-order valence-corrected chi connectivity index (χ4v) is 2.88. The van der Waals surface area contributed by atoms with Gasteiger partial charge in [-0.3, -0.25) is 9.88 Å². The van der Waals surface area contributed by atoms with Crippen molar-refractivity contribution in [2.24, 2.45) is 0 Å². The van der Waals surface area contributed by atoms with Gasteiger partial charge in [-0.2, -0.15) is 0 Å². The third-order valence-electron chi connectivity index (χ3n) is 3.89. The highest BCUT2D eigenvalue weighted by atomic mass is 35.5. The monoisotopic (exact) mass is 303 g/mol. The van der Waals surface area contributed by atoms with Crippen LogP contribution in [0.15, 0.2) is 48.8 Å². The Labute approximate surface area is 132 Å². The highest BCUT2D eigenvalue weighted by Gasteiger charge is 2.23. The first kappa shape index (κ1) is 16.0. The fourth-order valence-electron chi connectivity index (χ4n) is 2.88. The van der Waals surface area contributed by atoms with E-state index in [2.05, 4.69) is 52.5 Å². The number of hydrogen-bond acceptors (Lipinski definition) is 3. The second kappa shape index (κ2) is 7.55. The van der Waals surface area contributed by atoms with Crippen molar-refractivity contribution < 1.29 is 0 Å². The van der Waals surface area contributed by atoms with Crippen molar-refractivity contribution in [2.75, 3.05) is 19.6 Å². The van der Waals surface area contributed by atoms with Crippen molar-refractivity contribution in [1.82, 2.24) is 15.2 Å². The van der Waals surface area contributed by atoms with E-state index in [1.54, 1.807) is 0 Å². The van der Waals surface area contributed by atoms with Gasteiger partial charge in [0.25, 0.3) is 0 Å². The lowest BCUT2D eigenvalue weighted by Crippen LogP contribution is -2.45. The zero-order valence-corrected chi connectivity index (χ0v) is 13.1. The Balaban J connectivity index is 0.00000161. The standard InChI is InChI=1S/C17H21N3.ClH/c1-14-4-2-5-15(10-14)13-20-9-8-19-12-17(20)16-6-3-7-18-11-16;/h2-7,10-11,17,19H,8-9,12-13H2,1H3;1H. The molecule has 0 radical (unpaired) electrons. The van der Waals surface area contributed by atoms with Crippen LogP contribution in [0.3, 0.4) is 0 Å². The number of hydrogen-bond donors (Lipinski definition) is 1. The zero-order chi connectivity index (χ0) is 13.8. The Kier molecular flexibility index (Phi) is 5.74. The zero-order valence-electron chi connectivity index (χ0n) is 12.3. The van der Waals surface area contributed by atoms with Crippen LogP contribution in [-0.4, -0.2) is 29.5 Å². The van der Waals surface area contributed by atoms with E-state index >= 15 is 0 Å². The van der Waals surface area contributed by atoms with Crippen LogP contribution in [0.5, 0.6) is 0 Å². The SMILES string of the molecule is Cc1cccc(CN2CCNCC2c2cccnc2)c1.Cl. The molecule has 0 aliphatic carbocycles. The van der Waals surface area contributed by atoms with Crippen LogP contribution in [0.1, 0.15) is 22.7 Å². The molecule has 21 heavy (non-hydrogen) atoms. The molecule has 0 bridgehead atoms. The van der Waals surface area contributed by atoms with E-state index in [9.17, 15) is 0 Å². The van der Waals surface area contributed by atoms with Gasteiger partial charge in [0.05, 0.1) is 0 Å². The largest absolute Gasteiger partial charge is 0.314 e. The molecule has 1 fully saturated rings. The Hall–Kier alpha value is -1.42. The Morgan fingerprint density at radius 2 is 2.19 bits per heavy atom. The van der Waals surface area contributed by atoms with Crippen LogP contribution >= 0.6 is 12.4 Å². The minimum Gasteiger partial charge on any atom is -0.314 e. The first-order valence-corrected chi connectivity index (χ1v) is 7.23. The fraction of sp³-hybridized carbons (Fsp3) is 0.353. The summed E-state index contributed by atoms with van der Waals surface area (Å²) in [6.07, 6.45) is 3.82. The molecule has 1 aromatic heterocycles. The van der Waals surface area contributed by atoms with Gasteiger partial charge < -0.3 is 5.32 Å². The molecule has 1 atom stereocenters. The molecule has 1 saturated heterocycles. The third-order valence-corrected chi connectivity index (χ3v) is 3.89. The van der Waals surface area contributed by atoms with E-state index in [-0.39, 0.29) is 12.4 Å². The summed E-state index contributed by atoms with van der Waals surface area (Å²) in [5.41, 5.74) is 4.02. The molecule has 2 aromatic rings. The van der Waals surface area contributed by atoms with E-state index in [0.29, 0.717) is 6.04 Å². The molecule has 4 heteroatoms. The van der Waals surface area contributed by atoms with Crippen molar-refractivity contribution in [3.8, 4) is 0 Å². The molecule has 2 heterocycles. The predicted molar refractivity (Wildman–Crippen MR) is 88.7 cm³/mol. The second-order valence-electron chi connectivity index (χ2n) is 5.47. The van der Waals surface area contributed by atoms with Gasteiger partial charge in [-0.15, -0.1) is 12.4 Å². The normalized spacial score (nSPS) is 19.0. The van der Waals surface area contributed by atoms with Crippen molar-refractivity contribution in [3.05, 3.63) is 65.5 Å². The molecule has 3 rings (SSSR count). The summed E-state index contributed by atoms with van der Waals surface area (Å²) in [4.78, 5) is 6.80. The minimum atomic E-state index is 0. The van der Waals surface area contributed by atoms with Gasteiger partial charge in [0.15, 0.2) is 0 Å². The van der Waals surface area contributed by atoms with Crippen LogP contribution in [0.2, 0.25) is 0 Å². The number of rotatable bonds is 3. The van der Waals surface area contributed by atoms with E-state index < -0.39 is 0 Å². The van der Waals surface area contributed by atoms with E-state index in [1.165, 1.54) is 16.7 Å². The third kappa shape index (κ3) is 4.03. The maximum Gasteiger partial charge on any atom is 0.0491 e. The van der Waals surface area contributed by atoms with Gasteiger partial charge in [-0.25, -0.2) is 0 Å². The molecule has 0 amide bonds. The van der Waals surface area contributed by atoms with E-state index in [0.717, 1.165) is 26.2 Å². The highest BCUT2D eigenvalue weighted by Crippen LogP contribution is 2.23. The summed E-state index contributed by atoms with van der Waals surface area (Å²) in [7, 11) is 0. The summed E-state index contributed by atoms with van der Waals surface area (Å²) >= 11 is 0. The van der Waals surface area contributed by atoms with Crippen molar-refractivity contribution in [2.45, 2.75) is 19.5 Å². The van der Waals surface area contributed by atoms with Crippen LogP contribution in [0, 0.1) is 6.92 Å². The molecular weight excluding hydrogens is 282 g/mol. The Morgan fingerprint density at radius 1 is 1.29 bits per heavy atom. The summed E-state index contributed by atoms with van der Waals surface area (Å²) in [6, 6.07) is 13.4. The van der Waals surface area contributed by atoms with Gasteiger partial charge in [-0.05, 0) is 24.1 Å². The highest BCUT2D eigenvalue weighted by molar-refractivity contribution is 5.85. The minimum absolute atomic E-state index is 0. The van der Waals surface area contributed by atoms with E-state index in [1.807, 2.05) is 18.5 Å². The van der Waals surface area contributed by atoms with Gasteiger partial charge in [0.1, 0.15) is 0 Å². The number of pyridine rings is 1. The number of nitrogens with zero attached hydrogens (tertiary/aromatic N) is 2. The molecule has 1 unspecified atom stereocenters. The maximum absolute atomic E-state index is 4.26. The van der Waals surface area contributed by atoms with Gasteiger partial charge in [0, 0.05) is 44.6 Å². The number of aryl methyl sites for hydroxylation is 1. The average molecular weight is 304 g/mol. The number of piperazine rings is 1. The van der Waals surface area contributed by atoms with Gasteiger partial charge >= 0.3 is 0 Å². The molecule has 0 saturated carbocycles. The van der Waals surface area contributed by atoms with Crippen LogP contribution in [-0.2, 0) is 6.54 Å². The van der Waals surface area contributed by atoms with Crippen molar-refractivity contribution in [3.63, 3.8) is 0 Å². The predicted octanol–water partition coefficient (Wildman–Crippen LogP) is 2.96. The molecule has 1 aromatic carbocycles. The topological polar surface area (TPSA) is 28.2 Å². The molecular formula is C17H22ClN3. The maximum atomic E-state index is 4.26. The van der Waals surface area contributed by atoms with Crippen LogP contribution < -0.4 is 5.32 Å². The lowest BCUT2D eigenvalue weighted by molar-refractivity contribution is 0.153. The van der Waals surface area contributed by atoms with Crippen molar-refractivity contribution >= 4 is 12.4 Å². The summed E-state index contributed by atoms with van der Waals surface area (Å²) in [6.45, 7) is 6.29. The van der Waals surface area contributed by atoms with Crippen LogP contribution in [0.4, 0.5) is 0 Å². The molecule has 1 aliphatic heterocycles. The quantitative estimate of drug-likeness (QED) is 0.945. The number of halogens is 1. The molecule has 0 spiro atoms. The molecule has 3 nitrogen and oxygen atoms in total. The molecule has 112 valence electrons. The smallest absolute Gasteiger partial charge is 0.0491 e. The van der Waals surface area contributed by atoms with Gasteiger partial charge in [-0.1, -0.05) is 35.9 Å². The molecule has 1 aliphatic rings. The summed E-state index contributed by atoms with van der Waals surface area (Å²) < 4.78 is 0. The summed E-state index contributed by atoms with van der Waals surface area (Å²) in [5.74, 6) is 0. The molecule has 1 N–H and O–H groups in total. The lowest BCUT2D eigenvalue weighted by atomic mass is 10.0. The second-order valence-corrected chi connectivity index (χ2v) is 5.47. The van der Waals surface area contributed by atoms with Gasteiger partial charge in [0.2, 0.25) is 0 Å². The Morgan fingerprint density at radius 3 is 2.95 bits per heavy atom. The van der Waals surface area contributed by atoms with Crippen LogP contribution in [0.25, 0.3) is 0 Å². The first-order chi connectivity index (χ1) is 9.83. The number of nitrogens with one attached hydrogen (secondary N) is 1. The first-order valence-electron chi connectivity index (χ1n) is 7.23. The lowest BCUT2D eigenvalue weighted by Gasteiger charge is -2.36. The van der Waals surface area contributed by atoms with E-state index in [4.69, 9.17) is 0 Å². The number of benzene rings is 1. The summed E-state index contributed by atoms with van der Waals surface area (Å²) in [5, 5.41) is 3.49. The number of aromatic nitrogens is 1. The van der Waals surface area contributed by atoms with Crippen molar-refractivity contribution in [1.29, 1.82) is 0 Å².